The van der Waals surface area contributed by atoms with Gasteiger partial charge in [-0.05, 0) is 17.5 Å². The summed E-state index contributed by atoms with van der Waals surface area (Å²) in [7, 11) is 0. The Morgan fingerprint density at radius 3 is 2.11 bits per heavy atom. The highest BCUT2D eigenvalue weighted by Gasteiger charge is 2.20. The van der Waals surface area contributed by atoms with Gasteiger partial charge in [0.1, 0.15) is 0 Å². The van der Waals surface area contributed by atoms with Crippen LogP contribution in [0.3, 0.4) is 0 Å². The summed E-state index contributed by atoms with van der Waals surface area (Å²) < 4.78 is 5.99. The van der Waals surface area contributed by atoms with Crippen molar-refractivity contribution < 1.29 is 9.84 Å². The van der Waals surface area contributed by atoms with E-state index in [4.69, 9.17) is 4.74 Å². The fourth-order valence-corrected chi connectivity index (χ4v) is 3.67. The molecule has 4 heteroatoms. The van der Waals surface area contributed by atoms with E-state index in [-0.39, 0.29) is 6.10 Å². The van der Waals surface area contributed by atoms with Crippen LogP contribution in [0, 0.1) is 0 Å². The molecule has 1 saturated heterocycles. The Hall–Kier alpha value is -1.72. The maximum Gasteiger partial charge on any atom is 0.0900 e. The lowest BCUT2D eigenvalue weighted by molar-refractivity contribution is -0.0284. The molecule has 0 saturated carbocycles. The second kappa shape index (κ2) is 10.6. The van der Waals surface area contributed by atoms with Crippen LogP contribution in [0.5, 0.6) is 0 Å². The van der Waals surface area contributed by atoms with E-state index in [1.54, 1.807) is 0 Å². The SMILES string of the molecule is CC[C@H](OC[C@@H](O)CN1CCN(Cc2ccccc2)CC1)c1ccccc1. The van der Waals surface area contributed by atoms with Gasteiger partial charge in [-0.15, -0.1) is 0 Å². The van der Waals surface area contributed by atoms with Crippen molar-refractivity contribution in [3.05, 3.63) is 71.8 Å². The number of benzene rings is 2. The molecule has 0 radical (unpaired) electrons. The average molecular weight is 369 g/mol. The van der Waals surface area contributed by atoms with Gasteiger partial charge < -0.3 is 9.84 Å². The van der Waals surface area contributed by atoms with E-state index in [1.165, 1.54) is 11.1 Å². The van der Waals surface area contributed by atoms with E-state index in [9.17, 15) is 5.11 Å². The molecule has 1 aliphatic heterocycles. The van der Waals surface area contributed by atoms with Gasteiger partial charge in [-0.3, -0.25) is 9.80 Å². The third-order valence-corrected chi connectivity index (χ3v) is 5.21. The Balaban J connectivity index is 1.37. The number of nitrogens with zero attached hydrogens (tertiary/aromatic N) is 2. The minimum Gasteiger partial charge on any atom is -0.389 e. The first-order valence-electron chi connectivity index (χ1n) is 10.1. The molecule has 2 atom stereocenters. The third-order valence-electron chi connectivity index (χ3n) is 5.21. The molecule has 1 N–H and O–H groups in total. The molecular formula is C23H32N2O2. The predicted octanol–water partition coefficient (Wildman–Crippen LogP) is 3.33. The molecule has 0 spiro atoms. The number of hydrogen-bond acceptors (Lipinski definition) is 4. The highest BCUT2D eigenvalue weighted by molar-refractivity contribution is 5.17. The zero-order chi connectivity index (χ0) is 18.9. The first kappa shape index (κ1) is 20.0. The highest BCUT2D eigenvalue weighted by Crippen LogP contribution is 2.20. The number of aliphatic hydroxyl groups is 1. The van der Waals surface area contributed by atoms with Crippen LogP contribution in [0.1, 0.15) is 30.6 Å². The largest absolute Gasteiger partial charge is 0.389 e. The molecule has 1 heterocycles. The van der Waals surface area contributed by atoms with Gasteiger partial charge in [0.15, 0.2) is 0 Å². The normalized spacial score (nSPS) is 18.3. The lowest BCUT2D eigenvalue weighted by atomic mass is 10.1. The number of aliphatic hydroxyl groups excluding tert-OH is 1. The zero-order valence-electron chi connectivity index (χ0n) is 16.3. The van der Waals surface area contributed by atoms with Crippen molar-refractivity contribution >= 4 is 0 Å². The third kappa shape index (κ3) is 6.43. The zero-order valence-corrected chi connectivity index (χ0v) is 16.3. The minimum absolute atomic E-state index is 0.0589. The summed E-state index contributed by atoms with van der Waals surface area (Å²) in [4.78, 5) is 4.83. The number of piperazine rings is 1. The van der Waals surface area contributed by atoms with Crippen LogP contribution >= 0.6 is 0 Å². The van der Waals surface area contributed by atoms with Crippen LogP contribution in [0.2, 0.25) is 0 Å². The molecule has 2 aromatic rings. The monoisotopic (exact) mass is 368 g/mol. The number of hydrogen-bond donors (Lipinski definition) is 1. The average Bonchev–Trinajstić information content (AvgIpc) is 2.71. The van der Waals surface area contributed by atoms with Crippen molar-refractivity contribution in [3.63, 3.8) is 0 Å². The van der Waals surface area contributed by atoms with Crippen LogP contribution in [-0.2, 0) is 11.3 Å². The fraction of sp³-hybridized carbons (Fsp3) is 0.478. The summed E-state index contributed by atoms with van der Waals surface area (Å²) in [6, 6.07) is 20.9. The molecule has 1 aliphatic rings. The number of ether oxygens (including phenoxy) is 1. The second-order valence-electron chi connectivity index (χ2n) is 7.36. The molecule has 4 nitrogen and oxygen atoms in total. The lowest BCUT2D eigenvalue weighted by Gasteiger charge is -2.35. The molecule has 146 valence electrons. The molecule has 27 heavy (non-hydrogen) atoms. The van der Waals surface area contributed by atoms with Crippen LogP contribution in [0.4, 0.5) is 0 Å². The van der Waals surface area contributed by atoms with Gasteiger partial charge in [-0.1, -0.05) is 67.6 Å². The van der Waals surface area contributed by atoms with Crippen molar-refractivity contribution in [1.82, 2.24) is 9.80 Å². The summed E-state index contributed by atoms with van der Waals surface area (Å²) in [5.74, 6) is 0. The van der Waals surface area contributed by atoms with Crippen LogP contribution in [-0.4, -0.2) is 60.3 Å². The van der Waals surface area contributed by atoms with Gasteiger partial charge >= 0.3 is 0 Å². The maximum atomic E-state index is 10.4. The first-order chi connectivity index (χ1) is 13.2. The van der Waals surface area contributed by atoms with E-state index in [0.717, 1.165) is 39.1 Å². The molecule has 0 aromatic heterocycles. The van der Waals surface area contributed by atoms with Crippen molar-refractivity contribution in [3.8, 4) is 0 Å². The summed E-state index contributed by atoms with van der Waals surface area (Å²) in [6.07, 6.45) is 0.529. The van der Waals surface area contributed by atoms with E-state index in [2.05, 4.69) is 59.2 Å². The number of β-amino-alcohol motifs (C(OH)–C–C–N with tert-alkyl or cyclic N) is 1. The van der Waals surface area contributed by atoms with Gasteiger partial charge in [0.05, 0.1) is 18.8 Å². The molecule has 0 bridgehead atoms. The Kier molecular flexibility index (Phi) is 7.84. The Morgan fingerprint density at radius 1 is 0.889 bits per heavy atom. The summed E-state index contributed by atoms with van der Waals surface area (Å²) in [5.41, 5.74) is 2.55. The Labute approximate surface area is 163 Å². The van der Waals surface area contributed by atoms with Crippen molar-refractivity contribution in [2.75, 3.05) is 39.3 Å². The summed E-state index contributed by atoms with van der Waals surface area (Å²) in [6.45, 7) is 8.29. The standard InChI is InChI=1S/C23H32N2O2/c1-2-23(21-11-7-4-8-12-21)27-19-22(26)18-25-15-13-24(14-16-25)17-20-9-5-3-6-10-20/h3-12,22-23,26H,2,13-19H2,1H3/t22-,23-/m0/s1. The number of rotatable bonds is 9. The molecule has 3 rings (SSSR count). The molecule has 0 aliphatic carbocycles. The summed E-state index contributed by atoms with van der Waals surface area (Å²) >= 11 is 0. The van der Waals surface area contributed by atoms with Gasteiger partial charge in [0, 0.05) is 39.3 Å². The van der Waals surface area contributed by atoms with E-state index in [0.29, 0.717) is 13.2 Å². The topological polar surface area (TPSA) is 35.9 Å². The predicted molar refractivity (Wildman–Crippen MR) is 110 cm³/mol. The van der Waals surface area contributed by atoms with Gasteiger partial charge in [0.2, 0.25) is 0 Å². The van der Waals surface area contributed by atoms with Gasteiger partial charge in [-0.2, -0.15) is 0 Å². The minimum atomic E-state index is -0.441. The molecule has 0 unspecified atom stereocenters. The van der Waals surface area contributed by atoms with Crippen LogP contribution < -0.4 is 0 Å². The van der Waals surface area contributed by atoms with E-state index in [1.807, 2.05) is 18.2 Å². The molecule has 0 amide bonds. The van der Waals surface area contributed by atoms with Crippen molar-refractivity contribution in [2.24, 2.45) is 0 Å². The quantitative estimate of drug-likeness (QED) is 0.736. The van der Waals surface area contributed by atoms with Gasteiger partial charge in [0.25, 0.3) is 0 Å². The molecule has 1 fully saturated rings. The second-order valence-corrected chi connectivity index (χ2v) is 7.36. The van der Waals surface area contributed by atoms with Crippen LogP contribution in [0.25, 0.3) is 0 Å². The molecular weight excluding hydrogens is 336 g/mol. The highest BCUT2D eigenvalue weighted by atomic mass is 16.5. The van der Waals surface area contributed by atoms with E-state index >= 15 is 0 Å². The van der Waals surface area contributed by atoms with E-state index < -0.39 is 6.10 Å². The lowest BCUT2D eigenvalue weighted by Crippen LogP contribution is -2.48. The Bertz CT molecular complexity index is 642. The van der Waals surface area contributed by atoms with Gasteiger partial charge in [-0.25, -0.2) is 0 Å². The first-order valence-corrected chi connectivity index (χ1v) is 10.1. The van der Waals surface area contributed by atoms with Crippen molar-refractivity contribution in [1.29, 1.82) is 0 Å². The fourth-order valence-electron chi connectivity index (χ4n) is 3.67. The Morgan fingerprint density at radius 2 is 1.48 bits per heavy atom. The molecule has 2 aromatic carbocycles. The smallest absolute Gasteiger partial charge is 0.0900 e. The van der Waals surface area contributed by atoms with Crippen LogP contribution in [0.15, 0.2) is 60.7 Å². The maximum absolute atomic E-state index is 10.4. The summed E-state index contributed by atoms with van der Waals surface area (Å²) in [5, 5.41) is 10.4. The van der Waals surface area contributed by atoms with Crippen molar-refractivity contribution in [2.45, 2.75) is 32.1 Å².